The first-order valence-corrected chi connectivity index (χ1v) is 5.71. The Balaban J connectivity index is 2.18. The molecule has 0 bridgehead atoms. The van der Waals surface area contributed by atoms with Gasteiger partial charge in [-0.15, -0.1) is 0 Å². The van der Waals surface area contributed by atoms with E-state index in [1.54, 1.807) is 12.4 Å². The SMILES string of the molecule is Cc1cnc(Oc2cccc(C(C)C)c2)nc1. The van der Waals surface area contributed by atoms with Gasteiger partial charge in [-0.1, -0.05) is 26.0 Å². The molecule has 1 aromatic carbocycles. The van der Waals surface area contributed by atoms with Crippen molar-refractivity contribution in [3.05, 3.63) is 47.8 Å². The molecule has 0 radical (unpaired) electrons. The van der Waals surface area contributed by atoms with E-state index in [1.807, 2.05) is 25.1 Å². The van der Waals surface area contributed by atoms with Crippen LogP contribution in [0, 0.1) is 6.92 Å². The third-order valence-electron chi connectivity index (χ3n) is 2.49. The largest absolute Gasteiger partial charge is 0.424 e. The van der Waals surface area contributed by atoms with Crippen LogP contribution in [0.15, 0.2) is 36.7 Å². The molecule has 3 heteroatoms. The van der Waals surface area contributed by atoms with Gasteiger partial charge in [0, 0.05) is 12.4 Å². The Hall–Kier alpha value is -1.90. The molecule has 1 heterocycles. The predicted octanol–water partition coefficient (Wildman–Crippen LogP) is 3.70. The second-order valence-electron chi connectivity index (χ2n) is 4.37. The zero-order valence-electron chi connectivity index (χ0n) is 10.3. The van der Waals surface area contributed by atoms with E-state index < -0.39 is 0 Å². The minimum atomic E-state index is 0.386. The van der Waals surface area contributed by atoms with Crippen molar-refractivity contribution in [1.29, 1.82) is 0 Å². The maximum Gasteiger partial charge on any atom is 0.321 e. The molecule has 17 heavy (non-hydrogen) atoms. The van der Waals surface area contributed by atoms with Gasteiger partial charge in [-0.3, -0.25) is 0 Å². The van der Waals surface area contributed by atoms with Gasteiger partial charge in [-0.25, -0.2) is 9.97 Å². The Kier molecular flexibility index (Phi) is 3.38. The maximum absolute atomic E-state index is 5.60. The highest BCUT2D eigenvalue weighted by atomic mass is 16.5. The number of ether oxygens (including phenoxy) is 1. The Labute approximate surface area is 102 Å². The third-order valence-corrected chi connectivity index (χ3v) is 2.49. The van der Waals surface area contributed by atoms with Crippen LogP contribution in [0.4, 0.5) is 0 Å². The van der Waals surface area contributed by atoms with E-state index in [1.165, 1.54) is 5.56 Å². The highest BCUT2D eigenvalue weighted by molar-refractivity contribution is 5.31. The van der Waals surface area contributed by atoms with Crippen LogP contribution in [-0.4, -0.2) is 9.97 Å². The monoisotopic (exact) mass is 228 g/mol. The number of hydrogen-bond acceptors (Lipinski definition) is 3. The summed E-state index contributed by atoms with van der Waals surface area (Å²) in [5.74, 6) is 1.26. The smallest absolute Gasteiger partial charge is 0.321 e. The first kappa shape index (κ1) is 11.6. The maximum atomic E-state index is 5.60. The van der Waals surface area contributed by atoms with E-state index in [0.29, 0.717) is 11.9 Å². The Morgan fingerprint density at radius 2 is 1.82 bits per heavy atom. The van der Waals surface area contributed by atoms with Gasteiger partial charge in [0.15, 0.2) is 0 Å². The Morgan fingerprint density at radius 3 is 2.47 bits per heavy atom. The van der Waals surface area contributed by atoms with Gasteiger partial charge in [-0.05, 0) is 36.1 Å². The second kappa shape index (κ2) is 4.95. The summed E-state index contributed by atoms with van der Waals surface area (Å²) in [5.41, 5.74) is 2.27. The van der Waals surface area contributed by atoms with Crippen molar-refractivity contribution in [2.75, 3.05) is 0 Å². The molecule has 2 rings (SSSR count). The average molecular weight is 228 g/mol. The van der Waals surface area contributed by atoms with Crippen LogP contribution in [0.1, 0.15) is 30.9 Å². The molecule has 0 saturated carbocycles. The average Bonchev–Trinajstić information content (AvgIpc) is 2.32. The number of aromatic nitrogens is 2. The van der Waals surface area contributed by atoms with Gasteiger partial charge < -0.3 is 4.74 Å². The lowest BCUT2D eigenvalue weighted by atomic mass is 10.0. The lowest BCUT2D eigenvalue weighted by molar-refractivity contribution is 0.440. The zero-order valence-corrected chi connectivity index (χ0v) is 10.3. The summed E-state index contributed by atoms with van der Waals surface area (Å²) < 4.78 is 5.60. The molecular weight excluding hydrogens is 212 g/mol. The van der Waals surface area contributed by atoms with Crippen molar-refractivity contribution < 1.29 is 4.74 Å². The number of nitrogens with zero attached hydrogens (tertiary/aromatic N) is 2. The van der Waals surface area contributed by atoms with Gasteiger partial charge in [0.2, 0.25) is 0 Å². The molecule has 0 amide bonds. The van der Waals surface area contributed by atoms with Crippen LogP contribution in [0.2, 0.25) is 0 Å². The summed E-state index contributed by atoms with van der Waals surface area (Å²) in [6.07, 6.45) is 3.49. The van der Waals surface area contributed by atoms with E-state index in [2.05, 4.69) is 29.9 Å². The molecule has 0 saturated heterocycles. The topological polar surface area (TPSA) is 35.0 Å². The molecular formula is C14H16N2O. The standard InChI is InChI=1S/C14H16N2O/c1-10(2)12-5-4-6-13(7-12)17-14-15-8-11(3)9-16-14/h4-10H,1-3H3. The summed E-state index contributed by atoms with van der Waals surface area (Å²) in [6.45, 7) is 6.26. The summed E-state index contributed by atoms with van der Waals surface area (Å²) in [4.78, 5) is 8.23. The molecule has 0 unspecified atom stereocenters. The van der Waals surface area contributed by atoms with E-state index >= 15 is 0 Å². The fourth-order valence-corrected chi connectivity index (χ4v) is 1.48. The van der Waals surface area contributed by atoms with E-state index in [4.69, 9.17) is 4.74 Å². The number of hydrogen-bond donors (Lipinski definition) is 0. The molecule has 0 spiro atoms. The van der Waals surface area contributed by atoms with Crippen LogP contribution in [0.5, 0.6) is 11.8 Å². The molecule has 0 aliphatic carbocycles. The van der Waals surface area contributed by atoms with Gasteiger partial charge in [-0.2, -0.15) is 0 Å². The fourth-order valence-electron chi connectivity index (χ4n) is 1.48. The Morgan fingerprint density at radius 1 is 1.12 bits per heavy atom. The quantitative estimate of drug-likeness (QED) is 0.803. The second-order valence-corrected chi connectivity index (χ2v) is 4.37. The highest BCUT2D eigenvalue weighted by Gasteiger charge is 2.03. The van der Waals surface area contributed by atoms with Crippen molar-refractivity contribution in [3.63, 3.8) is 0 Å². The number of aryl methyl sites for hydroxylation is 1. The van der Waals surface area contributed by atoms with Crippen LogP contribution >= 0.6 is 0 Å². The molecule has 0 fully saturated rings. The zero-order chi connectivity index (χ0) is 12.3. The number of rotatable bonds is 3. The van der Waals surface area contributed by atoms with E-state index in [9.17, 15) is 0 Å². The lowest BCUT2D eigenvalue weighted by Crippen LogP contribution is -1.93. The lowest BCUT2D eigenvalue weighted by Gasteiger charge is -2.08. The summed E-state index contributed by atoms with van der Waals surface area (Å²) in [7, 11) is 0. The molecule has 0 N–H and O–H groups in total. The van der Waals surface area contributed by atoms with Gasteiger partial charge in [0.1, 0.15) is 5.75 Å². The van der Waals surface area contributed by atoms with Gasteiger partial charge >= 0.3 is 6.01 Å². The van der Waals surface area contributed by atoms with Gasteiger partial charge in [0.05, 0.1) is 0 Å². The number of benzene rings is 1. The normalized spacial score (nSPS) is 10.6. The van der Waals surface area contributed by atoms with E-state index in [0.717, 1.165) is 11.3 Å². The van der Waals surface area contributed by atoms with Crippen molar-refractivity contribution in [3.8, 4) is 11.8 Å². The fraction of sp³-hybridized carbons (Fsp3) is 0.286. The molecule has 3 nitrogen and oxygen atoms in total. The Bertz CT molecular complexity index is 492. The van der Waals surface area contributed by atoms with Crippen LogP contribution < -0.4 is 4.74 Å². The predicted molar refractivity (Wildman–Crippen MR) is 67.4 cm³/mol. The van der Waals surface area contributed by atoms with Crippen molar-refractivity contribution in [2.24, 2.45) is 0 Å². The molecule has 88 valence electrons. The summed E-state index contributed by atoms with van der Waals surface area (Å²) >= 11 is 0. The first-order valence-electron chi connectivity index (χ1n) is 5.71. The van der Waals surface area contributed by atoms with Gasteiger partial charge in [0.25, 0.3) is 0 Å². The van der Waals surface area contributed by atoms with Crippen molar-refractivity contribution in [1.82, 2.24) is 9.97 Å². The minimum Gasteiger partial charge on any atom is -0.424 e. The summed E-state index contributed by atoms with van der Waals surface area (Å²) in [5, 5.41) is 0. The van der Waals surface area contributed by atoms with Crippen LogP contribution in [-0.2, 0) is 0 Å². The molecule has 0 aliphatic heterocycles. The highest BCUT2D eigenvalue weighted by Crippen LogP contribution is 2.22. The molecule has 0 aliphatic rings. The molecule has 1 aromatic heterocycles. The van der Waals surface area contributed by atoms with Crippen LogP contribution in [0.3, 0.4) is 0 Å². The minimum absolute atomic E-state index is 0.386. The molecule has 0 atom stereocenters. The van der Waals surface area contributed by atoms with Crippen molar-refractivity contribution in [2.45, 2.75) is 26.7 Å². The van der Waals surface area contributed by atoms with Crippen LogP contribution in [0.25, 0.3) is 0 Å². The van der Waals surface area contributed by atoms with Crippen molar-refractivity contribution >= 4 is 0 Å². The van der Waals surface area contributed by atoms with E-state index in [-0.39, 0.29) is 0 Å². The molecule has 2 aromatic rings. The summed E-state index contributed by atoms with van der Waals surface area (Å²) in [6, 6.07) is 8.39. The third kappa shape index (κ3) is 3.03. The first-order chi connectivity index (χ1) is 8.15.